The van der Waals surface area contributed by atoms with Gasteiger partial charge in [-0.1, -0.05) is 105 Å². The quantitative estimate of drug-likeness (QED) is 0.0845. The van der Waals surface area contributed by atoms with Crippen LogP contribution in [-0.2, 0) is 36.7 Å². The first kappa shape index (κ1) is 42.4. The number of allylic oxidation sites excluding steroid dienone is 2. The summed E-state index contributed by atoms with van der Waals surface area (Å²) in [6, 6.07) is 21.3. The van der Waals surface area contributed by atoms with E-state index in [4.69, 9.17) is 9.40 Å². The van der Waals surface area contributed by atoms with Gasteiger partial charge in [0.2, 0.25) is 0 Å². The Morgan fingerprint density at radius 2 is 1.53 bits per heavy atom. The van der Waals surface area contributed by atoms with Gasteiger partial charge < -0.3 is 9.52 Å². The molecule has 0 spiro atoms. The molecule has 0 fully saturated rings. The number of carbonyl (C=O) groups is 1. The van der Waals surface area contributed by atoms with E-state index in [0.29, 0.717) is 5.92 Å². The number of aromatic nitrogens is 1. The van der Waals surface area contributed by atoms with Gasteiger partial charge in [-0.25, -0.2) is 0 Å². The molecule has 1 N–H and O–H groups in total. The predicted octanol–water partition coefficient (Wildman–Crippen LogP) is 14.3. The van der Waals surface area contributed by atoms with Crippen LogP contribution in [0.2, 0.25) is 0 Å². The van der Waals surface area contributed by atoms with Gasteiger partial charge in [0.25, 0.3) is 0 Å². The Morgan fingerprint density at radius 1 is 0.887 bits per heavy atom. The van der Waals surface area contributed by atoms with Crippen LogP contribution in [0.5, 0.6) is 0 Å². The summed E-state index contributed by atoms with van der Waals surface area (Å²) in [6.07, 6.45) is 7.71. The SMILES string of the molecule is CCC(C)(CC)C(=O)/C=C(\O)C(C)(CC)CC.Cc1oc2cc3sc4ccnc(-c5[c-]c6ccccc6c(C(C)(C)C)c5)c4c3cc2c1CC(C)C.[Ir]. The summed E-state index contributed by atoms with van der Waals surface area (Å²) in [5.41, 5.74) is 5.12. The van der Waals surface area contributed by atoms with Crippen LogP contribution in [0.25, 0.3) is 53.2 Å². The number of fused-ring (bicyclic) bond motifs is 5. The van der Waals surface area contributed by atoms with Gasteiger partial charge in [-0.2, -0.15) is 0 Å². The number of furan rings is 1. The van der Waals surface area contributed by atoms with Crippen LogP contribution in [0.4, 0.5) is 0 Å². The third-order valence-corrected chi connectivity index (χ3v) is 12.7. The number of thiophene rings is 1. The van der Waals surface area contributed by atoms with Gasteiger partial charge in [0.05, 0.1) is 0 Å². The van der Waals surface area contributed by atoms with Gasteiger partial charge in [-0.15, -0.1) is 40.5 Å². The molecule has 285 valence electrons. The first-order chi connectivity index (χ1) is 24.5. The first-order valence-electron chi connectivity index (χ1n) is 19.1. The number of nitrogens with zero attached hydrogens (tertiary/aromatic N) is 1. The molecule has 3 aromatic heterocycles. The molecule has 3 aromatic carbocycles. The van der Waals surface area contributed by atoms with E-state index in [-0.39, 0.29) is 47.9 Å². The second-order valence-corrected chi connectivity index (χ2v) is 17.6. The normalized spacial score (nSPS) is 12.8. The van der Waals surface area contributed by atoms with Gasteiger partial charge in [-0.05, 0) is 79.3 Å². The van der Waals surface area contributed by atoms with Crippen molar-refractivity contribution in [2.75, 3.05) is 0 Å². The minimum atomic E-state index is -0.337. The maximum atomic E-state index is 12.2. The van der Waals surface area contributed by atoms with Crippen LogP contribution < -0.4 is 0 Å². The van der Waals surface area contributed by atoms with Crippen LogP contribution in [0.1, 0.15) is 119 Å². The summed E-state index contributed by atoms with van der Waals surface area (Å²) >= 11 is 1.81. The number of carbonyl (C=O) groups excluding carboxylic acids is 1. The number of hydrogen-bond donors (Lipinski definition) is 1. The summed E-state index contributed by atoms with van der Waals surface area (Å²) in [4.78, 5) is 17.1. The van der Waals surface area contributed by atoms with Crippen molar-refractivity contribution in [1.29, 1.82) is 0 Å². The summed E-state index contributed by atoms with van der Waals surface area (Å²) in [5.74, 6) is 1.89. The largest absolute Gasteiger partial charge is 0.512 e. The van der Waals surface area contributed by atoms with Crippen LogP contribution in [-0.4, -0.2) is 15.9 Å². The number of pyridine rings is 1. The standard InChI is InChI=1S/C32H30NOS.C15H28O2.Ir/c1-18(2)13-23-19(3)34-27-17-29-25(16-24(23)27)30-28(35-29)11-12-33-31(30)21-14-20-9-7-8-10-22(20)26(15-21)32(4,5)6;1-7-14(5,8-2)12(16)11-13(17)15(6,9-3)10-4;/h7-12,15-18H,13H2,1-6H3;11,16H,7-10H2,1-6H3;/q-1;;/b;12-11-;. The second-order valence-electron chi connectivity index (χ2n) is 16.5. The molecular formula is C47H58IrNO3S-. The molecule has 6 aromatic rings. The third kappa shape index (κ3) is 8.51. The molecule has 0 saturated carbocycles. The van der Waals surface area contributed by atoms with Crippen LogP contribution in [0, 0.1) is 29.7 Å². The number of aryl methyl sites for hydroxylation is 1. The van der Waals surface area contributed by atoms with Crippen molar-refractivity contribution in [2.45, 2.75) is 121 Å². The maximum absolute atomic E-state index is 12.2. The molecule has 0 aliphatic rings. The summed E-state index contributed by atoms with van der Waals surface area (Å²) in [7, 11) is 0. The molecule has 0 aliphatic carbocycles. The number of hydrogen-bond acceptors (Lipinski definition) is 5. The van der Waals surface area contributed by atoms with E-state index in [1.807, 2.05) is 59.1 Å². The summed E-state index contributed by atoms with van der Waals surface area (Å²) in [5, 5.41) is 16.2. The van der Waals surface area contributed by atoms with Gasteiger partial charge in [0.1, 0.15) is 17.1 Å². The number of aliphatic hydroxyl groups is 1. The van der Waals surface area contributed by atoms with Crippen LogP contribution in [0.3, 0.4) is 0 Å². The second kappa shape index (κ2) is 16.6. The molecule has 3 heterocycles. The van der Waals surface area contributed by atoms with Crippen molar-refractivity contribution in [3.8, 4) is 11.3 Å². The van der Waals surface area contributed by atoms with E-state index in [1.54, 1.807) is 0 Å². The zero-order valence-corrected chi connectivity index (χ0v) is 37.1. The van der Waals surface area contributed by atoms with Crippen molar-refractivity contribution in [3.63, 3.8) is 0 Å². The number of ketones is 1. The predicted molar refractivity (Wildman–Crippen MR) is 224 cm³/mol. The van der Waals surface area contributed by atoms with Gasteiger partial charge >= 0.3 is 0 Å². The van der Waals surface area contributed by atoms with Crippen LogP contribution in [0.15, 0.2) is 71.0 Å². The van der Waals surface area contributed by atoms with E-state index in [1.165, 1.54) is 48.1 Å². The van der Waals surface area contributed by atoms with E-state index in [2.05, 4.69) is 96.1 Å². The Bertz CT molecular complexity index is 2260. The first-order valence-corrected chi connectivity index (χ1v) is 20.0. The molecule has 0 atom stereocenters. The summed E-state index contributed by atoms with van der Waals surface area (Å²) < 4.78 is 8.69. The minimum Gasteiger partial charge on any atom is -0.512 e. The average molecular weight is 909 g/mol. The number of rotatable bonds is 10. The monoisotopic (exact) mass is 909 g/mol. The van der Waals surface area contributed by atoms with Gasteiger partial charge in [-0.3, -0.25) is 9.78 Å². The molecule has 4 nitrogen and oxygen atoms in total. The van der Waals surface area contributed by atoms with E-state index in [0.717, 1.165) is 60.1 Å². The van der Waals surface area contributed by atoms with Crippen molar-refractivity contribution in [2.24, 2.45) is 16.7 Å². The fourth-order valence-corrected chi connectivity index (χ4v) is 8.12. The minimum absolute atomic E-state index is 0. The zero-order chi connectivity index (χ0) is 38.2. The molecule has 0 saturated heterocycles. The van der Waals surface area contributed by atoms with Crippen molar-refractivity contribution in [1.82, 2.24) is 4.98 Å². The molecule has 0 amide bonds. The molecule has 0 aliphatic heterocycles. The van der Waals surface area contributed by atoms with Gasteiger partial charge in [0, 0.05) is 69.3 Å². The molecule has 6 rings (SSSR count). The Kier molecular flexibility index (Phi) is 13.3. The molecule has 0 bridgehead atoms. The van der Waals surface area contributed by atoms with E-state index in [9.17, 15) is 9.90 Å². The molecule has 6 heteroatoms. The maximum Gasteiger partial charge on any atom is 0.164 e. The third-order valence-electron chi connectivity index (χ3n) is 11.6. The topological polar surface area (TPSA) is 63.3 Å². The fraction of sp³-hybridized carbons (Fsp3) is 0.447. The Balaban J connectivity index is 0.000000299. The van der Waals surface area contributed by atoms with Gasteiger partial charge in [0.15, 0.2) is 5.78 Å². The number of benzene rings is 3. The Hall–Kier alpha value is -3.31. The van der Waals surface area contributed by atoms with Crippen molar-refractivity contribution in [3.05, 3.63) is 89.5 Å². The fourth-order valence-electron chi connectivity index (χ4n) is 7.01. The molecule has 1 radical (unpaired) electrons. The van der Waals surface area contributed by atoms with E-state index >= 15 is 0 Å². The smallest absolute Gasteiger partial charge is 0.164 e. The average Bonchev–Trinajstić information content (AvgIpc) is 3.63. The number of aliphatic hydroxyl groups excluding tert-OH is 1. The Labute approximate surface area is 334 Å². The van der Waals surface area contributed by atoms with Crippen LogP contribution >= 0.6 is 11.3 Å². The molecule has 53 heavy (non-hydrogen) atoms. The summed E-state index contributed by atoms with van der Waals surface area (Å²) in [6.45, 7) is 25.5. The molecular weight excluding hydrogens is 851 g/mol. The zero-order valence-electron chi connectivity index (χ0n) is 33.8. The molecule has 0 unspecified atom stereocenters. The Morgan fingerprint density at radius 3 is 2.13 bits per heavy atom. The van der Waals surface area contributed by atoms with E-state index < -0.39 is 0 Å². The van der Waals surface area contributed by atoms with Crippen molar-refractivity contribution >= 4 is 59.0 Å². The van der Waals surface area contributed by atoms with Crippen molar-refractivity contribution < 1.29 is 34.4 Å².